The maximum absolute atomic E-state index is 11.7. The van der Waals surface area contributed by atoms with Gasteiger partial charge in [0.15, 0.2) is 11.3 Å². The summed E-state index contributed by atoms with van der Waals surface area (Å²) in [5.74, 6) is -0.289. The molecule has 0 aliphatic rings. The van der Waals surface area contributed by atoms with E-state index in [0.717, 1.165) is 0 Å². The molecule has 0 saturated heterocycles. The molecule has 0 aliphatic carbocycles. The van der Waals surface area contributed by atoms with Crippen LogP contribution in [0.1, 0.15) is 23.3 Å². The zero-order valence-electron chi connectivity index (χ0n) is 9.47. The number of nitrogens with zero attached hydrogens (tertiary/aromatic N) is 3. The fraction of sp³-hybridized carbons (Fsp3) is 0.273. The molecule has 0 aliphatic heterocycles. The first-order valence-electron chi connectivity index (χ1n) is 5.44. The van der Waals surface area contributed by atoms with Crippen molar-refractivity contribution in [3.05, 3.63) is 30.2 Å². The van der Waals surface area contributed by atoms with Crippen LogP contribution in [0.25, 0.3) is 5.65 Å². The van der Waals surface area contributed by atoms with Gasteiger partial charge in [0, 0.05) is 31.4 Å². The van der Waals surface area contributed by atoms with Gasteiger partial charge in [0.2, 0.25) is 5.24 Å². The molecule has 0 radical (unpaired) electrons. The Bertz CT molecular complexity index is 548. The summed E-state index contributed by atoms with van der Waals surface area (Å²) < 4.78 is 1.53. The van der Waals surface area contributed by atoms with Crippen LogP contribution < -0.4 is 5.32 Å². The van der Waals surface area contributed by atoms with Crippen LogP contribution in [0.4, 0.5) is 0 Å². The first kappa shape index (κ1) is 12.5. The number of fused-ring (bicyclic) bond motifs is 1. The normalized spacial score (nSPS) is 10.5. The quantitative estimate of drug-likeness (QED) is 0.647. The van der Waals surface area contributed by atoms with Crippen molar-refractivity contribution < 1.29 is 9.59 Å². The molecule has 0 saturated carbocycles. The van der Waals surface area contributed by atoms with E-state index in [2.05, 4.69) is 15.4 Å². The number of carbonyl (C=O) groups is 2. The summed E-state index contributed by atoms with van der Waals surface area (Å²) in [7, 11) is 0. The van der Waals surface area contributed by atoms with E-state index < -0.39 is 5.24 Å². The van der Waals surface area contributed by atoms with Crippen LogP contribution in [0, 0.1) is 0 Å². The second kappa shape index (κ2) is 5.59. The average molecular weight is 267 g/mol. The molecule has 1 N–H and O–H groups in total. The zero-order chi connectivity index (χ0) is 13.0. The minimum absolute atomic E-state index is 0.245. The summed E-state index contributed by atoms with van der Waals surface area (Å²) in [5, 5.41) is 6.34. The van der Waals surface area contributed by atoms with Crippen LogP contribution in [-0.4, -0.2) is 32.3 Å². The third-order valence-electron chi connectivity index (χ3n) is 2.30. The van der Waals surface area contributed by atoms with E-state index in [0.29, 0.717) is 24.3 Å². The number of hydrogen-bond acceptors (Lipinski definition) is 4. The van der Waals surface area contributed by atoms with Gasteiger partial charge in [0.1, 0.15) is 0 Å². The number of nitrogens with one attached hydrogen (secondary N) is 1. The van der Waals surface area contributed by atoms with E-state index in [-0.39, 0.29) is 12.3 Å². The summed E-state index contributed by atoms with van der Waals surface area (Å²) in [6.45, 7) is 0.387. The summed E-state index contributed by atoms with van der Waals surface area (Å²) >= 11 is 5.19. The summed E-state index contributed by atoms with van der Waals surface area (Å²) in [5.41, 5.74) is 0.907. The smallest absolute Gasteiger partial charge is 0.271 e. The maximum atomic E-state index is 11.7. The molecule has 1 amide bonds. The third-order valence-corrected chi connectivity index (χ3v) is 2.49. The van der Waals surface area contributed by atoms with Crippen LogP contribution in [0.3, 0.4) is 0 Å². The molecular formula is C11H11ClN4O2. The summed E-state index contributed by atoms with van der Waals surface area (Å²) in [4.78, 5) is 26.3. The highest BCUT2D eigenvalue weighted by molar-refractivity contribution is 6.63. The van der Waals surface area contributed by atoms with E-state index in [1.165, 1.54) is 4.52 Å². The van der Waals surface area contributed by atoms with Crippen LogP contribution in [0.2, 0.25) is 0 Å². The van der Waals surface area contributed by atoms with Crippen LogP contribution in [-0.2, 0) is 4.79 Å². The average Bonchev–Trinajstić information content (AvgIpc) is 2.78. The van der Waals surface area contributed by atoms with Crippen molar-refractivity contribution >= 4 is 28.4 Å². The molecule has 0 spiro atoms. The van der Waals surface area contributed by atoms with Crippen molar-refractivity contribution in [2.75, 3.05) is 6.54 Å². The molecule has 7 heteroatoms. The van der Waals surface area contributed by atoms with Crippen molar-refractivity contribution in [1.82, 2.24) is 19.9 Å². The van der Waals surface area contributed by atoms with Crippen LogP contribution >= 0.6 is 11.6 Å². The van der Waals surface area contributed by atoms with Crippen molar-refractivity contribution in [3.8, 4) is 0 Å². The number of aromatic nitrogens is 3. The molecule has 2 heterocycles. The Morgan fingerprint density at radius 1 is 1.44 bits per heavy atom. The zero-order valence-corrected chi connectivity index (χ0v) is 10.2. The molecular weight excluding hydrogens is 256 g/mol. The molecule has 18 heavy (non-hydrogen) atoms. The number of hydrogen-bond donors (Lipinski definition) is 1. The molecule has 0 unspecified atom stereocenters. The Morgan fingerprint density at radius 2 is 2.28 bits per heavy atom. The second-order valence-electron chi connectivity index (χ2n) is 3.67. The molecule has 0 bridgehead atoms. The van der Waals surface area contributed by atoms with Gasteiger partial charge in [-0.05, 0) is 24.1 Å². The largest absolute Gasteiger partial charge is 0.351 e. The highest BCUT2D eigenvalue weighted by atomic mass is 35.5. The van der Waals surface area contributed by atoms with Crippen molar-refractivity contribution in [3.63, 3.8) is 0 Å². The molecule has 94 valence electrons. The molecule has 0 aromatic carbocycles. The van der Waals surface area contributed by atoms with Gasteiger partial charge in [-0.25, -0.2) is 9.50 Å². The fourth-order valence-electron chi connectivity index (χ4n) is 1.46. The summed E-state index contributed by atoms with van der Waals surface area (Å²) in [6, 6.07) is 3.33. The lowest BCUT2D eigenvalue weighted by Gasteiger charge is -2.00. The minimum atomic E-state index is -0.402. The second-order valence-corrected chi connectivity index (χ2v) is 4.09. The summed E-state index contributed by atoms with van der Waals surface area (Å²) in [6.07, 6.45) is 4.10. The van der Waals surface area contributed by atoms with Crippen molar-refractivity contribution in [2.24, 2.45) is 0 Å². The van der Waals surface area contributed by atoms with Crippen molar-refractivity contribution in [1.29, 1.82) is 0 Å². The standard InChI is InChI=1S/C11H11ClN4O2/c12-9(17)3-1-4-14-11(18)8-7-10-13-5-2-6-16(10)15-8/h2,5-7H,1,3-4H2,(H,14,18). The van der Waals surface area contributed by atoms with E-state index in [9.17, 15) is 9.59 Å². The number of halogens is 1. The van der Waals surface area contributed by atoms with Gasteiger partial charge in [-0.15, -0.1) is 0 Å². The van der Waals surface area contributed by atoms with Gasteiger partial charge in [-0.1, -0.05) is 0 Å². The van der Waals surface area contributed by atoms with E-state index >= 15 is 0 Å². The monoisotopic (exact) mass is 266 g/mol. The topological polar surface area (TPSA) is 76.4 Å². The van der Waals surface area contributed by atoms with Crippen molar-refractivity contribution in [2.45, 2.75) is 12.8 Å². The first-order valence-corrected chi connectivity index (χ1v) is 5.81. The lowest BCUT2D eigenvalue weighted by atomic mass is 10.3. The third kappa shape index (κ3) is 3.04. The lowest BCUT2D eigenvalue weighted by Crippen LogP contribution is -2.25. The number of carbonyl (C=O) groups excluding carboxylic acids is 2. The Labute approximate surface area is 108 Å². The van der Waals surface area contributed by atoms with Crippen LogP contribution in [0.15, 0.2) is 24.5 Å². The van der Waals surface area contributed by atoms with E-state index in [1.54, 1.807) is 24.5 Å². The van der Waals surface area contributed by atoms with Crippen LogP contribution in [0.5, 0.6) is 0 Å². The lowest BCUT2D eigenvalue weighted by molar-refractivity contribution is -0.111. The van der Waals surface area contributed by atoms with Gasteiger partial charge in [0.05, 0.1) is 0 Å². The molecule has 2 aromatic heterocycles. The first-order chi connectivity index (χ1) is 8.66. The predicted octanol–water partition coefficient (Wildman–Crippen LogP) is 1.00. The highest BCUT2D eigenvalue weighted by Crippen LogP contribution is 2.02. The van der Waals surface area contributed by atoms with Gasteiger partial charge in [-0.2, -0.15) is 5.10 Å². The Hall–Kier alpha value is -1.95. The Balaban J connectivity index is 1.94. The molecule has 6 nitrogen and oxygen atoms in total. The minimum Gasteiger partial charge on any atom is -0.351 e. The molecule has 2 rings (SSSR count). The predicted molar refractivity (Wildman–Crippen MR) is 65.4 cm³/mol. The number of amides is 1. The van der Waals surface area contributed by atoms with Gasteiger partial charge in [0.25, 0.3) is 5.91 Å². The van der Waals surface area contributed by atoms with Gasteiger partial charge < -0.3 is 5.32 Å². The van der Waals surface area contributed by atoms with Gasteiger partial charge in [-0.3, -0.25) is 9.59 Å². The van der Waals surface area contributed by atoms with E-state index in [4.69, 9.17) is 11.6 Å². The molecule has 0 atom stereocenters. The maximum Gasteiger partial charge on any atom is 0.271 e. The molecule has 0 fully saturated rings. The number of rotatable bonds is 5. The van der Waals surface area contributed by atoms with E-state index in [1.807, 2.05) is 0 Å². The SMILES string of the molecule is O=C(Cl)CCCNC(=O)c1cc2ncccn2n1. The Kier molecular flexibility index (Phi) is 3.88. The van der Waals surface area contributed by atoms with Gasteiger partial charge >= 0.3 is 0 Å². The fourth-order valence-corrected chi connectivity index (χ4v) is 1.59. The molecule has 2 aromatic rings. The highest BCUT2D eigenvalue weighted by Gasteiger charge is 2.10. The Morgan fingerprint density at radius 3 is 3.00 bits per heavy atom.